The van der Waals surface area contributed by atoms with E-state index in [1.165, 1.54) is 205 Å². The zero-order valence-electron chi connectivity index (χ0n) is 49.4. The second-order valence-electron chi connectivity index (χ2n) is 21.7. The molecule has 0 aromatic carbocycles. The molecule has 0 aromatic heterocycles. The normalized spacial score (nSPS) is 12.4. The van der Waals surface area contributed by atoms with Gasteiger partial charge in [0.05, 0.1) is 0 Å². The Kier molecular flexibility index (Phi) is 60.2. The molecule has 6 heteroatoms. The first kappa shape index (κ1) is 71.1. The predicted octanol–water partition coefficient (Wildman–Crippen LogP) is 21.9. The van der Waals surface area contributed by atoms with Crippen LogP contribution in [0.3, 0.4) is 0 Å². The molecule has 0 heterocycles. The van der Waals surface area contributed by atoms with Gasteiger partial charge in [-0.25, -0.2) is 0 Å². The molecule has 0 spiro atoms. The number of hydrogen-bond acceptors (Lipinski definition) is 6. The molecule has 430 valence electrons. The maximum Gasteiger partial charge on any atom is 0.306 e. The van der Waals surface area contributed by atoms with E-state index in [-0.39, 0.29) is 31.1 Å². The summed E-state index contributed by atoms with van der Waals surface area (Å²) in [5.74, 6) is -0.848. The Hall–Kier alpha value is -2.89. The largest absolute Gasteiger partial charge is 0.462 e. The first-order valence-electron chi connectivity index (χ1n) is 32.3. The summed E-state index contributed by atoms with van der Waals surface area (Å²) >= 11 is 0. The lowest BCUT2D eigenvalue weighted by atomic mass is 10.0. The van der Waals surface area contributed by atoms with Gasteiger partial charge < -0.3 is 14.2 Å². The van der Waals surface area contributed by atoms with E-state index in [4.69, 9.17) is 14.2 Å². The maximum absolute atomic E-state index is 12.8. The number of esters is 3. The standard InChI is InChI=1S/C68H122O6/c1-4-7-10-13-16-19-22-24-25-26-27-28-29-30-31-32-33-34-35-36-37-38-39-40-41-42-43-44-47-49-52-55-58-61-67(70)73-64-65(63-72-66(69)60-57-54-51-48-45-21-18-15-12-9-6-3)74-68(71)62-59-56-53-50-46-23-20-17-14-11-8-5-2/h7,10,16,19,24-25,27-28,30-31,65H,4-6,8-9,11-15,17-18,20-23,26,29,32-64H2,1-3H3/b10-7-,19-16-,25-24-,28-27-,31-30-. The van der Waals surface area contributed by atoms with Crippen molar-refractivity contribution in [3.05, 3.63) is 60.8 Å². The average molecular weight is 1040 g/mol. The van der Waals surface area contributed by atoms with Crippen molar-refractivity contribution in [2.24, 2.45) is 0 Å². The number of carbonyl (C=O) groups is 3. The zero-order valence-corrected chi connectivity index (χ0v) is 49.4. The van der Waals surface area contributed by atoms with E-state index in [0.29, 0.717) is 19.3 Å². The number of ether oxygens (including phenoxy) is 3. The number of hydrogen-bond donors (Lipinski definition) is 0. The highest BCUT2D eigenvalue weighted by Gasteiger charge is 2.19. The molecule has 6 nitrogen and oxygen atoms in total. The van der Waals surface area contributed by atoms with Crippen molar-refractivity contribution in [1.82, 2.24) is 0 Å². The van der Waals surface area contributed by atoms with Crippen LogP contribution in [0.15, 0.2) is 60.8 Å². The molecule has 0 aliphatic rings. The second kappa shape index (κ2) is 62.6. The first-order chi connectivity index (χ1) is 36.5. The molecule has 0 aliphatic carbocycles. The Morgan fingerprint density at radius 2 is 0.527 bits per heavy atom. The van der Waals surface area contributed by atoms with Gasteiger partial charge in [-0.3, -0.25) is 14.4 Å². The van der Waals surface area contributed by atoms with Crippen LogP contribution in [0.4, 0.5) is 0 Å². The molecule has 0 rings (SSSR count). The average Bonchev–Trinajstić information content (AvgIpc) is 3.40. The Labute approximate surface area is 460 Å². The fraction of sp³-hybridized carbons (Fsp3) is 0.809. The molecule has 0 bridgehead atoms. The van der Waals surface area contributed by atoms with Crippen LogP contribution in [0.2, 0.25) is 0 Å². The number of unbranched alkanes of at least 4 members (excludes halogenated alkanes) is 38. The zero-order chi connectivity index (χ0) is 53.6. The lowest BCUT2D eigenvalue weighted by molar-refractivity contribution is -0.167. The van der Waals surface area contributed by atoms with E-state index in [1.54, 1.807) is 0 Å². The molecule has 1 atom stereocenters. The van der Waals surface area contributed by atoms with Crippen molar-refractivity contribution in [3.8, 4) is 0 Å². The van der Waals surface area contributed by atoms with Gasteiger partial charge in [0.25, 0.3) is 0 Å². The van der Waals surface area contributed by atoms with E-state index in [9.17, 15) is 14.4 Å². The Bertz CT molecular complexity index is 1330. The van der Waals surface area contributed by atoms with E-state index >= 15 is 0 Å². The quantitative estimate of drug-likeness (QED) is 0.0261. The summed E-state index contributed by atoms with van der Waals surface area (Å²) in [5, 5.41) is 0. The third kappa shape index (κ3) is 60.0. The van der Waals surface area contributed by atoms with Crippen LogP contribution < -0.4 is 0 Å². The third-order valence-corrected chi connectivity index (χ3v) is 14.3. The predicted molar refractivity (Wildman–Crippen MR) is 321 cm³/mol. The Morgan fingerprint density at radius 3 is 0.824 bits per heavy atom. The summed E-state index contributed by atoms with van der Waals surface area (Å²) in [6.07, 6.45) is 79.6. The van der Waals surface area contributed by atoms with Gasteiger partial charge in [0.1, 0.15) is 13.2 Å². The van der Waals surface area contributed by atoms with E-state index in [1.807, 2.05) is 0 Å². The first-order valence-corrected chi connectivity index (χ1v) is 32.3. The van der Waals surface area contributed by atoms with Gasteiger partial charge in [0.15, 0.2) is 6.10 Å². The molecule has 1 unspecified atom stereocenters. The smallest absolute Gasteiger partial charge is 0.306 e. The van der Waals surface area contributed by atoms with Crippen molar-refractivity contribution in [2.75, 3.05) is 13.2 Å². The summed E-state index contributed by atoms with van der Waals surface area (Å²) < 4.78 is 16.9. The Balaban J connectivity index is 4.04. The van der Waals surface area contributed by atoms with Gasteiger partial charge in [-0.1, -0.05) is 313 Å². The summed E-state index contributed by atoms with van der Waals surface area (Å²) in [6, 6.07) is 0. The minimum absolute atomic E-state index is 0.0668. The minimum atomic E-state index is -0.767. The van der Waals surface area contributed by atoms with Gasteiger partial charge in [0.2, 0.25) is 0 Å². The summed E-state index contributed by atoms with van der Waals surface area (Å²) in [4.78, 5) is 38.1. The summed E-state index contributed by atoms with van der Waals surface area (Å²) in [5.41, 5.74) is 0. The van der Waals surface area contributed by atoms with Gasteiger partial charge in [-0.05, 0) is 64.2 Å². The van der Waals surface area contributed by atoms with Crippen LogP contribution in [0, 0.1) is 0 Å². The molecule has 0 aliphatic heterocycles. The molecule has 74 heavy (non-hydrogen) atoms. The monoisotopic (exact) mass is 1030 g/mol. The highest BCUT2D eigenvalue weighted by molar-refractivity contribution is 5.71. The van der Waals surface area contributed by atoms with Crippen LogP contribution in [-0.2, 0) is 28.6 Å². The van der Waals surface area contributed by atoms with Crippen molar-refractivity contribution in [2.45, 2.75) is 341 Å². The molecule has 0 amide bonds. The molecule has 0 saturated heterocycles. The topological polar surface area (TPSA) is 78.9 Å². The van der Waals surface area contributed by atoms with E-state index in [2.05, 4.69) is 81.5 Å². The van der Waals surface area contributed by atoms with Gasteiger partial charge in [0, 0.05) is 19.3 Å². The number of rotatable bonds is 59. The second-order valence-corrected chi connectivity index (χ2v) is 21.7. The molecule has 0 fully saturated rings. The van der Waals surface area contributed by atoms with Gasteiger partial charge in [-0.2, -0.15) is 0 Å². The minimum Gasteiger partial charge on any atom is -0.462 e. The molecule has 0 saturated carbocycles. The fourth-order valence-electron chi connectivity index (χ4n) is 9.47. The van der Waals surface area contributed by atoms with Crippen LogP contribution in [-0.4, -0.2) is 37.2 Å². The third-order valence-electron chi connectivity index (χ3n) is 14.3. The highest BCUT2D eigenvalue weighted by atomic mass is 16.6. The fourth-order valence-corrected chi connectivity index (χ4v) is 9.47. The lowest BCUT2D eigenvalue weighted by Gasteiger charge is -2.18. The van der Waals surface area contributed by atoms with Crippen LogP contribution in [0.25, 0.3) is 0 Å². The number of carbonyl (C=O) groups excluding carboxylic acids is 3. The van der Waals surface area contributed by atoms with E-state index < -0.39 is 6.10 Å². The van der Waals surface area contributed by atoms with Crippen molar-refractivity contribution < 1.29 is 28.6 Å². The van der Waals surface area contributed by atoms with Crippen molar-refractivity contribution >= 4 is 17.9 Å². The van der Waals surface area contributed by atoms with Crippen LogP contribution in [0.5, 0.6) is 0 Å². The Morgan fingerprint density at radius 1 is 0.284 bits per heavy atom. The summed E-state index contributed by atoms with van der Waals surface area (Å²) in [7, 11) is 0. The van der Waals surface area contributed by atoms with Gasteiger partial charge >= 0.3 is 17.9 Å². The SMILES string of the molecule is CC/C=C\C/C=C\C/C=C\C/C=C\C/C=C\CCCCCCCCCCCCCCCCCCCC(=O)OCC(COC(=O)CCCCCCCCCCCCC)OC(=O)CCCCCCCCCCCCCC. The van der Waals surface area contributed by atoms with Crippen LogP contribution >= 0.6 is 0 Å². The molecule has 0 N–H and O–H groups in total. The van der Waals surface area contributed by atoms with E-state index in [0.717, 1.165) is 89.9 Å². The van der Waals surface area contributed by atoms with Gasteiger partial charge in [-0.15, -0.1) is 0 Å². The molecule has 0 aromatic rings. The lowest BCUT2D eigenvalue weighted by Crippen LogP contribution is -2.30. The van der Waals surface area contributed by atoms with Crippen molar-refractivity contribution in [3.63, 3.8) is 0 Å². The maximum atomic E-state index is 12.8. The van der Waals surface area contributed by atoms with Crippen LogP contribution in [0.1, 0.15) is 335 Å². The molecule has 0 radical (unpaired) electrons. The van der Waals surface area contributed by atoms with Crippen molar-refractivity contribution in [1.29, 1.82) is 0 Å². The highest BCUT2D eigenvalue weighted by Crippen LogP contribution is 2.17. The summed E-state index contributed by atoms with van der Waals surface area (Å²) in [6.45, 7) is 6.56. The number of allylic oxidation sites excluding steroid dienone is 10. The molecular formula is C68H122O6. The molecular weight excluding hydrogens is 913 g/mol.